The monoisotopic (exact) mass is 567 g/mol. The highest BCUT2D eigenvalue weighted by molar-refractivity contribution is 8.02. The first-order valence-electron chi connectivity index (χ1n) is 11.3. The second-order valence-electron chi connectivity index (χ2n) is 8.05. The van der Waals surface area contributed by atoms with E-state index in [0.717, 1.165) is 4.21 Å². The van der Waals surface area contributed by atoms with Gasteiger partial charge in [-0.15, -0.1) is 23.1 Å². The van der Waals surface area contributed by atoms with Crippen LogP contribution in [0.4, 0.5) is 0 Å². The molecule has 0 saturated carbocycles. The summed E-state index contributed by atoms with van der Waals surface area (Å²) < 4.78 is 8.02. The van der Waals surface area contributed by atoms with Crippen LogP contribution >= 0.6 is 46.3 Å². The third kappa shape index (κ3) is 4.92. The van der Waals surface area contributed by atoms with Crippen LogP contribution in [0.3, 0.4) is 0 Å². The lowest BCUT2D eigenvalue weighted by atomic mass is 10.1. The van der Waals surface area contributed by atoms with E-state index in [4.69, 9.17) is 27.9 Å². The van der Waals surface area contributed by atoms with Crippen molar-refractivity contribution < 1.29 is 19.1 Å². The smallest absolute Gasteiger partial charge is 0.341 e. The Labute approximate surface area is 231 Å². The Balaban J connectivity index is 1.66. The van der Waals surface area contributed by atoms with E-state index < -0.39 is 5.97 Å². The fourth-order valence-corrected chi connectivity index (χ4v) is 6.75. The summed E-state index contributed by atoms with van der Waals surface area (Å²) in [5.41, 5.74) is 2.67. The van der Waals surface area contributed by atoms with Crippen molar-refractivity contribution >= 4 is 80.3 Å². The van der Waals surface area contributed by atoms with E-state index in [0.29, 0.717) is 48.0 Å². The molecule has 0 aliphatic heterocycles. The first-order valence-corrected chi connectivity index (χ1v) is 13.9. The number of carbonyl (C=O) groups excluding carboxylic acids is 3. The van der Waals surface area contributed by atoms with Crippen molar-refractivity contribution in [3.05, 3.63) is 105 Å². The number of ketones is 2. The Kier molecular flexibility index (Phi) is 7.40. The van der Waals surface area contributed by atoms with Gasteiger partial charge in [-0.2, -0.15) is 0 Å². The fraction of sp³-hybridized carbons (Fsp3) is 0.107. The Morgan fingerprint density at radius 2 is 1.57 bits per heavy atom. The molecule has 0 saturated heterocycles. The molecular weight excluding hydrogens is 549 g/mol. The fourth-order valence-electron chi connectivity index (χ4n) is 4.07. The van der Waals surface area contributed by atoms with E-state index in [2.05, 4.69) is 0 Å². The zero-order valence-electron chi connectivity index (χ0n) is 19.5. The second-order valence-corrected chi connectivity index (χ2v) is 11.2. The lowest BCUT2D eigenvalue weighted by Crippen LogP contribution is -2.06. The summed E-state index contributed by atoms with van der Waals surface area (Å²) in [4.78, 5) is 40.2. The largest absolute Gasteiger partial charge is 0.462 e. The van der Waals surface area contributed by atoms with Crippen LogP contribution in [0.2, 0.25) is 10.0 Å². The topological polar surface area (TPSA) is 64.9 Å². The highest BCUT2D eigenvalue weighted by Crippen LogP contribution is 2.44. The Morgan fingerprint density at radius 1 is 0.919 bits per heavy atom. The summed E-state index contributed by atoms with van der Waals surface area (Å²) in [5, 5.41) is 1.60. The van der Waals surface area contributed by atoms with Gasteiger partial charge in [0.25, 0.3) is 0 Å². The van der Waals surface area contributed by atoms with E-state index in [1.165, 1.54) is 23.1 Å². The maximum Gasteiger partial charge on any atom is 0.341 e. The number of benzene rings is 2. The molecule has 186 valence electrons. The van der Waals surface area contributed by atoms with E-state index >= 15 is 0 Å². The van der Waals surface area contributed by atoms with Gasteiger partial charge in [-0.05, 0) is 67.6 Å². The standard InChI is InChI=1S/C28H19Cl2NO4S2/c1-2-35-27(34)22-20-5-3-4-14-31(20)24-23(22)26(25(33)17-8-12-19(30)13-9-17)37-28(24)36-15-21(32)16-6-10-18(29)11-7-16/h3-14H,2,15H2,1H3. The van der Waals surface area contributed by atoms with Crippen molar-refractivity contribution in [3.63, 3.8) is 0 Å². The van der Waals surface area contributed by atoms with Crippen LogP contribution in [0.25, 0.3) is 16.4 Å². The summed E-state index contributed by atoms with van der Waals surface area (Å²) in [6.07, 6.45) is 1.84. The average molecular weight is 569 g/mol. The van der Waals surface area contributed by atoms with Gasteiger partial charge in [0.15, 0.2) is 5.78 Å². The SMILES string of the molecule is CCOC(=O)c1c2c(C(=O)c3ccc(Cl)cc3)sc(SCC(=O)c3ccc(Cl)cc3)c2n2ccccc12. The number of rotatable bonds is 8. The summed E-state index contributed by atoms with van der Waals surface area (Å²) >= 11 is 14.6. The summed E-state index contributed by atoms with van der Waals surface area (Å²) in [6.45, 7) is 1.94. The van der Waals surface area contributed by atoms with Gasteiger partial charge >= 0.3 is 5.97 Å². The molecule has 0 N–H and O–H groups in total. The number of aromatic nitrogens is 1. The van der Waals surface area contributed by atoms with Gasteiger partial charge in [-0.3, -0.25) is 9.59 Å². The highest BCUT2D eigenvalue weighted by Gasteiger charge is 2.29. The van der Waals surface area contributed by atoms with Crippen molar-refractivity contribution in [1.82, 2.24) is 4.40 Å². The van der Waals surface area contributed by atoms with Crippen LogP contribution in [0.1, 0.15) is 42.9 Å². The Bertz CT molecular complexity index is 1650. The molecular formula is C28H19Cl2NO4S2. The number of thioether (sulfide) groups is 1. The molecule has 3 heterocycles. The number of carbonyl (C=O) groups is 3. The average Bonchev–Trinajstić information content (AvgIpc) is 3.43. The third-order valence-electron chi connectivity index (χ3n) is 5.75. The van der Waals surface area contributed by atoms with Gasteiger partial charge in [0.05, 0.1) is 38.0 Å². The molecule has 3 aromatic heterocycles. The molecule has 0 bridgehead atoms. The summed E-state index contributed by atoms with van der Waals surface area (Å²) in [6, 6.07) is 18.9. The molecule has 0 aliphatic carbocycles. The van der Waals surface area contributed by atoms with Gasteiger partial charge in [-0.25, -0.2) is 4.79 Å². The normalized spacial score (nSPS) is 11.2. The number of hydrogen-bond acceptors (Lipinski definition) is 6. The molecule has 37 heavy (non-hydrogen) atoms. The van der Waals surface area contributed by atoms with E-state index in [9.17, 15) is 14.4 Å². The van der Waals surface area contributed by atoms with Crippen LogP contribution in [-0.4, -0.2) is 34.3 Å². The third-order valence-corrected chi connectivity index (χ3v) is 8.69. The quantitative estimate of drug-likeness (QED) is 0.108. The molecule has 5 nitrogen and oxygen atoms in total. The lowest BCUT2D eigenvalue weighted by Gasteiger charge is -2.04. The molecule has 9 heteroatoms. The van der Waals surface area contributed by atoms with Crippen LogP contribution in [-0.2, 0) is 4.74 Å². The summed E-state index contributed by atoms with van der Waals surface area (Å²) in [5.74, 6) is -0.650. The Hall–Kier alpha value is -3.10. The molecule has 5 aromatic rings. The number of thiophene rings is 1. The van der Waals surface area contributed by atoms with Crippen molar-refractivity contribution in [1.29, 1.82) is 0 Å². The molecule has 2 aromatic carbocycles. The van der Waals surface area contributed by atoms with Crippen molar-refractivity contribution in [2.45, 2.75) is 11.1 Å². The maximum absolute atomic E-state index is 13.7. The van der Waals surface area contributed by atoms with E-state index in [-0.39, 0.29) is 23.9 Å². The number of hydrogen-bond donors (Lipinski definition) is 0. The molecule has 0 fully saturated rings. The second kappa shape index (κ2) is 10.7. The minimum atomic E-state index is -0.502. The van der Waals surface area contributed by atoms with Crippen LogP contribution in [0.15, 0.2) is 77.1 Å². The zero-order valence-corrected chi connectivity index (χ0v) is 22.6. The van der Waals surface area contributed by atoms with E-state index in [1.54, 1.807) is 55.5 Å². The van der Waals surface area contributed by atoms with Crippen molar-refractivity contribution in [2.24, 2.45) is 0 Å². The number of ether oxygens (including phenoxy) is 1. The number of Topliss-reactive ketones (excluding diaryl/α,β-unsaturated/α-hetero) is 1. The highest BCUT2D eigenvalue weighted by atomic mass is 35.5. The number of halogens is 2. The predicted octanol–water partition coefficient (Wildman–Crippen LogP) is 7.84. The maximum atomic E-state index is 13.7. The van der Waals surface area contributed by atoms with Crippen molar-refractivity contribution in [2.75, 3.05) is 12.4 Å². The molecule has 0 unspecified atom stereocenters. The molecule has 0 radical (unpaired) electrons. The zero-order chi connectivity index (χ0) is 26.1. The predicted molar refractivity (Wildman–Crippen MR) is 150 cm³/mol. The molecule has 0 amide bonds. The summed E-state index contributed by atoms with van der Waals surface area (Å²) in [7, 11) is 0. The van der Waals surface area contributed by atoms with Gasteiger partial charge in [0.1, 0.15) is 0 Å². The molecule has 0 spiro atoms. The molecule has 0 aliphatic rings. The Morgan fingerprint density at radius 3 is 2.22 bits per heavy atom. The van der Waals surface area contributed by atoms with Crippen LogP contribution in [0.5, 0.6) is 0 Å². The molecule has 0 atom stereocenters. The van der Waals surface area contributed by atoms with Crippen LogP contribution < -0.4 is 0 Å². The lowest BCUT2D eigenvalue weighted by molar-refractivity contribution is 0.0530. The number of pyridine rings is 1. The number of fused-ring (bicyclic) bond motifs is 3. The van der Waals surface area contributed by atoms with Gasteiger partial charge < -0.3 is 9.14 Å². The first-order chi connectivity index (χ1) is 17.9. The van der Waals surface area contributed by atoms with Gasteiger partial charge in [-0.1, -0.05) is 29.3 Å². The van der Waals surface area contributed by atoms with E-state index in [1.807, 2.05) is 28.8 Å². The number of nitrogens with zero attached hydrogens (tertiary/aromatic N) is 1. The van der Waals surface area contributed by atoms with Crippen LogP contribution in [0, 0.1) is 0 Å². The minimum absolute atomic E-state index is 0.0692. The molecule has 5 rings (SSSR count). The van der Waals surface area contributed by atoms with Gasteiger partial charge in [0.2, 0.25) is 5.78 Å². The van der Waals surface area contributed by atoms with Gasteiger partial charge in [0, 0.05) is 32.8 Å². The minimum Gasteiger partial charge on any atom is -0.462 e. The first kappa shape index (κ1) is 25.5. The number of esters is 1. The van der Waals surface area contributed by atoms with Crippen molar-refractivity contribution in [3.8, 4) is 0 Å².